The third kappa shape index (κ3) is 2.30. The topological polar surface area (TPSA) is 12.0 Å². The Morgan fingerprint density at radius 1 is 1.35 bits per heavy atom. The number of hydrogen-bond acceptors (Lipinski definition) is 1. The van der Waals surface area contributed by atoms with E-state index in [9.17, 15) is 0 Å². The fourth-order valence-electron chi connectivity index (χ4n) is 2.91. The first-order chi connectivity index (χ1) is 8.03. The molecule has 1 aromatic rings. The third-order valence-electron chi connectivity index (χ3n) is 4.01. The summed E-state index contributed by atoms with van der Waals surface area (Å²) in [5, 5.41) is 3.63. The molecule has 17 heavy (non-hydrogen) atoms. The molecule has 1 aliphatic heterocycles. The lowest BCUT2D eigenvalue weighted by Crippen LogP contribution is -2.41. The third-order valence-corrected chi connectivity index (χ3v) is 4.01. The summed E-state index contributed by atoms with van der Waals surface area (Å²) in [6.07, 6.45) is 2.57. The van der Waals surface area contributed by atoms with Gasteiger partial charge < -0.3 is 5.32 Å². The lowest BCUT2D eigenvalue weighted by Gasteiger charge is -2.34. The number of rotatable bonds is 3. The fraction of sp³-hybridized carbons (Fsp3) is 0.500. The van der Waals surface area contributed by atoms with E-state index >= 15 is 0 Å². The Kier molecular flexibility index (Phi) is 3.39. The average molecular weight is 229 g/mol. The highest BCUT2D eigenvalue weighted by atomic mass is 15.0. The Balaban J connectivity index is 2.41. The van der Waals surface area contributed by atoms with Gasteiger partial charge in [-0.05, 0) is 37.4 Å². The van der Waals surface area contributed by atoms with Crippen LogP contribution in [0.3, 0.4) is 0 Å². The summed E-state index contributed by atoms with van der Waals surface area (Å²) >= 11 is 0. The van der Waals surface area contributed by atoms with Gasteiger partial charge in [0.15, 0.2) is 0 Å². The molecular weight excluding hydrogens is 206 g/mol. The molecule has 1 atom stereocenters. The van der Waals surface area contributed by atoms with Crippen molar-refractivity contribution in [2.45, 2.75) is 45.1 Å². The van der Waals surface area contributed by atoms with Gasteiger partial charge in [0.2, 0.25) is 0 Å². The molecule has 1 fully saturated rings. The molecule has 0 amide bonds. The minimum Gasteiger partial charge on any atom is -0.313 e. The maximum absolute atomic E-state index is 4.11. The molecule has 1 heterocycles. The maximum atomic E-state index is 4.11. The van der Waals surface area contributed by atoms with Crippen LogP contribution in [-0.4, -0.2) is 12.6 Å². The number of hydrogen-bond donors (Lipinski definition) is 1. The van der Waals surface area contributed by atoms with Crippen LogP contribution in [0.25, 0.3) is 5.57 Å². The van der Waals surface area contributed by atoms with Gasteiger partial charge >= 0.3 is 0 Å². The van der Waals surface area contributed by atoms with Crippen LogP contribution in [0.2, 0.25) is 0 Å². The van der Waals surface area contributed by atoms with Gasteiger partial charge in [0.05, 0.1) is 0 Å². The van der Waals surface area contributed by atoms with Gasteiger partial charge in [-0.15, -0.1) is 0 Å². The zero-order valence-electron chi connectivity index (χ0n) is 11.2. The summed E-state index contributed by atoms with van der Waals surface area (Å²) in [5.41, 5.74) is 4.07. The van der Waals surface area contributed by atoms with Crippen molar-refractivity contribution in [2.24, 2.45) is 0 Å². The molecule has 1 aliphatic rings. The molecule has 0 radical (unpaired) electrons. The second kappa shape index (κ2) is 4.66. The molecule has 1 N–H and O–H groups in total. The van der Waals surface area contributed by atoms with Crippen LogP contribution in [0.15, 0.2) is 30.8 Å². The zero-order chi connectivity index (χ0) is 12.5. The smallest absolute Gasteiger partial charge is 0.0159 e. The number of benzene rings is 1. The summed E-state index contributed by atoms with van der Waals surface area (Å²) in [6.45, 7) is 12.0. The number of allylic oxidation sites excluding steroid dienone is 1. The van der Waals surface area contributed by atoms with Crippen molar-refractivity contribution in [3.05, 3.63) is 42.0 Å². The van der Waals surface area contributed by atoms with Crippen molar-refractivity contribution >= 4 is 5.57 Å². The van der Waals surface area contributed by atoms with E-state index in [1.54, 1.807) is 0 Å². The van der Waals surface area contributed by atoms with Crippen LogP contribution >= 0.6 is 0 Å². The fourth-order valence-corrected chi connectivity index (χ4v) is 2.91. The van der Waals surface area contributed by atoms with Crippen LogP contribution in [0, 0.1) is 0 Å². The quantitative estimate of drug-likeness (QED) is 0.832. The standard InChI is InChI=1S/C16H23N/c1-12(2)13-8-5-6-9-14(13)16(3,4)15-10-7-11-17-15/h5-6,8-9,15,17H,1,7,10-11H2,2-4H3. The van der Waals surface area contributed by atoms with E-state index in [4.69, 9.17) is 0 Å². The highest BCUT2D eigenvalue weighted by Gasteiger charge is 2.34. The van der Waals surface area contributed by atoms with Gasteiger partial charge in [-0.1, -0.05) is 50.3 Å². The van der Waals surface area contributed by atoms with Gasteiger partial charge in [0.25, 0.3) is 0 Å². The Morgan fingerprint density at radius 2 is 2.06 bits per heavy atom. The predicted molar refractivity (Wildman–Crippen MR) is 75.2 cm³/mol. The first-order valence-corrected chi connectivity index (χ1v) is 6.52. The van der Waals surface area contributed by atoms with Crippen molar-refractivity contribution in [1.29, 1.82) is 0 Å². The lowest BCUT2D eigenvalue weighted by molar-refractivity contribution is 0.376. The normalized spacial score (nSPS) is 20.5. The molecule has 0 aromatic heterocycles. The molecule has 0 spiro atoms. The molecule has 0 aliphatic carbocycles. The van der Waals surface area contributed by atoms with E-state index in [-0.39, 0.29) is 5.41 Å². The predicted octanol–water partition coefficient (Wildman–Crippen LogP) is 3.75. The largest absolute Gasteiger partial charge is 0.313 e. The lowest BCUT2D eigenvalue weighted by atomic mass is 9.74. The first-order valence-electron chi connectivity index (χ1n) is 6.52. The van der Waals surface area contributed by atoms with Gasteiger partial charge in [0, 0.05) is 11.5 Å². The van der Waals surface area contributed by atoms with Crippen molar-refractivity contribution in [3.8, 4) is 0 Å². The van der Waals surface area contributed by atoms with Crippen molar-refractivity contribution in [1.82, 2.24) is 5.32 Å². The summed E-state index contributed by atoms with van der Waals surface area (Å²) in [7, 11) is 0. The van der Waals surface area contributed by atoms with Crippen LogP contribution in [0.5, 0.6) is 0 Å². The van der Waals surface area contributed by atoms with Gasteiger partial charge in [-0.25, -0.2) is 0 Å². The van der Waals surface area contributed by atoms with Crippen LogP contribution in [0.1, 0.15) is 44.7 Å². The highest BCUT2D eigenvalue weighted by Crippen LogP contribution is 2.35. The monoisotopic (exact) mass is 229 g/mol. The minimum atomic E-state index is 0.173. The second-order valence-electron chi connectivity index (χ2n) is 5.70. The van der Waals surface area contributed by atoms with Gasteiger partial charge in [-0.3, -0.25) is 0 Å². The van der Waals surface area contributed by atoms with E-state index in [0.29, 0.717) is 6.04 Å². The van der Waals surface area contributed by atoms with E-state index in [2.05, 4.69) is 56.9 Å². The van der Waals surface area contributed by atoms with Crippen LogP contribution < -0.4 is 5.32 Å². The molecular formula is C16H23N. The highest BCUT2D eigenvalue weighted by molar-refractivity contribution is 5.66. The molecule has 1 unspecified atom stereocenters. The SMILES string of the molecule is C=C(C)c1ccccc1C(C)(C)C1CCCN1. The summed E-state index contributed by atoms with van der Waals surface area (Å²) in [4.78, 5) is 0. The van der Waals surface area contributed by atoms with E-state index in [0.717, 1.165) is 12.1 Å². The second-order valence-corrected chi connectivity index (χ2v) is 5.70. The van der Waals surface area contributed by atoms with Crippen LogP contribution in [0.4, 0.5) is 0 Å². The zero-order valence-corrected chi connectivity index (χ0v) is 11.2. The van der Waals surface area contributed by atoms with Crippen molar-refractivity contribution < 1.29 is 0 Å². The average Bonchev–Trinajstić information content (AvgIpc) is 2.83. The maximum Gasteiger partial charge on any atom is 0.0159 e. The van der Waals surface area contributed by atoms with E-state index in [1.807, 2.05) is 0 Å². The molecule has 0 saturated carbocycles. The Labute approximate surface area is 105 Å². The van der Waals surface area contributed by atoms with Crippen molar-refractivity contribution in [2.75, 3.05) is 6.54 Å². The summed E-state index contributed by atoms with van der Waals surface area (Å²) in [6, 6.07) is 9.27. The molecule has 92 valence electrons. The summed E-state index contributed by atoms with van der Waals surface area (Å²) in [5.74, 6) is 0. The first kappa shape index (κ1) is 12.4. The molecule has 0 bridgehead atoms. The van der Waals surface area contributed by atoms with Crippen LogP contribution in [-0.2, 0) is 5.41 Å². The van der Waals surface area contributed by atoms with Gasteiger partial charge in [-0.2, -0.15) is 0 Å². The summed E-state index contributed by atoms with van der Waals surface area (Å²) < 4.78 is 0. The minimum absolute atomic E-state index is 0.173. The Bertz CT molecular complexity index is 411. The molecule has 1 heteroatoms. The molecule has 2 rings (SSSR count). The molecule has 1 saturated heterocycles. The van der Waals surface area contributed by atoms with E-state index < -0.39 is 0 Å². The molecule has 1 aromatic carbocycles. The molecule has 1 nitrogen and oxygen atoms in total. The van der Waals surface area contributed by atoms with Gasteiger partial charge in [0.1, 0.15) is 0 Å². The van der Waals surface area contributed by atoms with E-state index in [1.165, 1.54) is 24.0 Å². The van der Waals surface area contributed by atoms with Crippen molar-refractivity contribution in [3.63, 3.8) is 0 Å². The Morgan fingerprint density at radius 3 is 2.65 bits per heavy atom. The number of nitrogens with one attached hydrogen (secondary N) is 1. The Hall–Kier alpha value is -1.08.